The largest absolute Gasteiger partial charge is 0.241 e. The van der Waals surface area contributed by atoms with Crippen molar-refractivity contribution in [2.45, 2.75) is 4.90 Å². The van der Waals surface area contributed by atoms with E-state index in [-0.39, 0.29) is 17.2 Å². The van der Waals surface area contributed by atoms with Gasteiger partial charge in [-0.2, -0.15) is 0 Å². The van der Waals surface area contributed by atoms with Gasteiger partial charge in [0.15, 0.2) is 0 Å². The Balaban J connectivity index is 2.84. The van der Waals surface area contributed by atoms with Crippen LogP contribution in [-0.2, 0) is 20.0 Å². The van der Waals surface area contributed by atoms with Gasteiger partial charge in [-0.15, -0.1) is 0 Å². The first-order valence-electron chi connectivity index (χ1n) is 5.41. The van der Waals surface area contributed by atoms with Crippen molar-refractivity contribution in [2.75, 3.05) is 26.4 Å². The lowest BCUT2D eigenvalue weighted by atomic mass is 10.4. The van der Waals surface area contributed by atoms with Gasteiger partial charge in [-0.3, -0.25) is 0 Å². The highest BCUT2D eigenvalue weighted by Crippen LogP contribution is 2.25. The Morgan fingerprint density at radius 3 is 2.30 bits per heavy atom. The summed E-state index contributed by atoms with van der Waals surface area (Å²) in [6.07, 6.45) is 0. The fourth-order valence-corrected chi connectivity index (χ4v) is 4.63. The van der Waals surface area contributed by atoms with Crippen LogP contribution in [0.15, 0.2) is 32.0 Å². The summed E-state index contributed by atoms with van der Waals surface area (Å²) in [4.78, 5) is 0.0501. The summed E-state index contributed by atoms with van der Waals surface area (Å²) in [6, 6.07) is 4.72. The van der Waals surface area contributed by atoms with Gasteiger partial charge in [-0.25, -0.2) is 25.9 Å². The lowest BCUT2D eigenvalue weighted by molar-refractivity contribution is 0.519. The molecule has 0 heterocycles. The molecule has 1 aromatic carbocycles. The lowest BCUT2D eigenvalue weighted by Gasteiger charge is -2.12. The van der Waals surface area contributed by atoms with Crippen molar-refractivity contribution >= 4 is 51.9 Å². The van der Waals surface area contributed by atoms with Crippen LogP contribution in [0, 0.1) is 0 Å². The zero-order valence-electron chi connectivity index (χ0n) is 10.8. The Morgan fingerprint density at radius 1 is 1.15 bits per heavy atom. The summed E-state index contributed by atoms with van der Waals surface area (Å²) >= 11 is 6.35. The Kier molecular flexibility index (Phi) is 6.17. The Bertz CT molecular complexity index is 687. The van der Waals surface area contributed by atoms with E-state index in [4.69, 9.17) is 0 Å². The number of sulfonamides is 2. The molecule has 0 bridgehead atoms. The van der Waals surface area contributed by atoms with E-state index in [1.54, 1.807) is 12.1 Å². The van der Waals surface area contributed by atoms with Gasteiger partial charge in [0.1, 0.15) is 0 Å². The first-order valence-corrected chi connectivity index (χ1v) is 10.1. The molecule has 0 atom stereocenters. The minimum Gasteiger partial charge on any atom is -0.212 e. The normalized spacial score (nSPS) is 12.8. The van der Waals surface area contributed by atoms with Gasteiger partial charge >= 0.3 is 0 Å². The number of hydrogen-bond donors (Lipinski definition) is 1. The smallest absolute Gasteiger partial charge is 0.212 e. The average Bonchev–Trinajstić information content (AvgIpc) is 2.31. The van der Waals surface area contributed by atoms with Crippen molar-refractivity contribution in [3.8, 4) is 0 Å². The van der Waals surface area contributed by atoms with E-state index >= 15 is 0 Å². The topological polar surface area (TPSA) is 83.6 Å². The fourth-order valence-electron chi connectivity index (χ4n) is 1.25. The zero-order valence-corrected chi connectivity index (χ0v) is 15.6. The maximum absolute atomic E-state index is 12.1. The van der Waals surface area contributed by atoms with Crippen molar-refractivity contribution in [2.24, 2.45) is 0 Å². The van der Waals surface area contributed by atoms with Crippen LogP contribution in [0.2, 0.25) is 0 Å². The van der Waals surface area contributed by atoms with E-state index in [2.05, 4.69) is 36.6 Å². The molecule has 0 saturated heterocycles. The minimum absolute atomic E-state index is 0.0501. The molecule has 0 aromatic heterocycles. The van der Waals surface area contributed by atoms with Crippen LogP contribution in [0.3, 0.4) is 0 Å². The lowest BCUT2D eigenvalue weighted by Crippen LogP contribution is -2.34. The molecule has 10 heteroatoms. The van der Waals surface area contributed by atoms with Crippen LogP contribution in [0.4, 0.5) is 0 Å². The third kappa shape index (κ3) is 4.78. The molecule has 1 N–H and O–H groups in total. The third-order valence-electron chi connectivity index (χ3n) is 2.39. The van der Waals surface area contributed by atoms with Gasteiger partial charge in [0.05, 0.1) is 10.6 Å². The average molecular weight is 450 g/mol. The molecule has 0 aliphatic carbocycles. The highest BCUT2D eigenvalue weighted by Gasteiger charge is 2.20. The molecule has 0 radical (unpaired) electrons. The van der Waals surface area contributed by atoms with Crippen LogP contribution in [0.1, 0.15) is 0 Å². The SMILES string of the molecule is CN(C)S(=O)(=O)CCNS(=O)(=O)c1cc(Br)ccc1Br. The maximum Gasteiger partial charge on any atom is 0.241 e. The number of nitrogens with one attached hydrogen (secondary N) is 1. The molecule has 6 nitrogen and oxygen atoms in total. The summed E-state index contributed by atoms with van der Waals surface area (Å²) in [6.45, 7) is -0.193. The second-order valence-electron chi connectivity index (χ2n) is 4.07. The summed E-state index contributed by atoms with van der Waals surface area (Å²) in [5, 5.41) is 0. The molecule has 0 spiro atoms. The van der Waals surface area contributed by atoms with Gasteiger partial charge in [0.25, 0.3) is 0 Å². The summed E-state index contributed by atoms with van der Waals surface area (Å²) in [5.41, 5.74) is 0. The predicted octanol–water partition coefficient (Wildman–Crippen LogP) is 1.38. The molecule has 114 valence electrons. The van der Waals surface area contributed by atoms with E-state index in [0.717, 1.165) is 4.31 Å². The van der Waals surface area contributed by atoms with Crippen LogP contribution in [0.5, 0.6) is 0 Å². The Labute approximate surface area is 135 Å². The molecule has 1 rings (SSSR count). The van der Waals surface area contributed by atoms with Crippen LogP contribution in [0.25, 0.3) is 0 Å². The molecule has 0 fully saturated rings. The number of benzene rings is 1. The monoisotopic (exact) mass is 448 g/mol. The third-order valence-corrected chi connectivity index (χ3v) is 7.17. The molecular formula is C10H14Br2N2O4S2. The quantitative estimate of drug-likeness (QED) is 0.711. The maximum atomic E-state index is 12.1. The zero-order chi connectivity index (χ0) is 15.6. The van der Waals surface area contributed by atoms with Crippen LogP contribution >= 0.6 is 31.9 Å². The predicted molar refractivity (Wildman–Crippen MR) is 84.5 cm³/mol. The highest BCUT2D eigenvalue weighted by molar-refractivity contribution is 9.11. The first-order chi connectivity index (χ1) is 9.06. The van der Waals surface area contributed by atoms with Crippen molar-refractivity contribution in [3.63, 3.8) is 0 Å². The molecular weight excluding hydrogens is 436 g/mol. The first kappa shape index (κ1) is 18.1. The van der Waals surface area contributed by atoms with E-state index in [1.165, 1.54) is 20.2 Å². The summed E-state index contributed by atoms with van der Waals surface area (Å²) < 4.78 is 51.6. The van der Waals surface area contributed by atoms with Gasteiger partial charge in [0.2, 0.25) is 20.0 Å². The molecule has 0 aliphatic heterocycles. The fraction of sp³-hybridized carbons (Fsp3) is 0.400. The number of nitrogens with zero attached hydrogens (tertiary/aromatic N) is 1. The van der Waals surface area contributed by atoms with Gasteiger partial charge < -0.3 is 0 Å². The highest BCUT2D eigenvalue weighted by atomic mass is 79.9. The van der Waals surface area contributed by atoms with Crippen molar-refractivity contribution in [1.82, 2.24) is 9.03 Å². The molecule has 0 unspecified atom stereocenters. The van der Waals surface area contributed by atoms with E-state index < -0.39 is 20.0 Å². The second-order valence-corrected chi connectivity index (χ2v) is 9.88. The van der Waals surface area contributed by atoms with E-state index in [1.807, 2.05) is 0 Å². The van der Waals surface area contributed by atoms with Crippen molar-refractivity contribution in [1.29, 1.82) is 0 Å². The van der Waals surface area contributed by atoms with Gasteiger partial charge in [-0.05, 0) is 34.1 Å². The number of rotatable bonds is 6. The van der Waals surface area contributed by atoms with Crippen molar-refractivity contribution in [3.05, 3.63) is 27.1 Å². The number of halogens is 2. The standard InChI is InChI=1S/C10H14Br2N2O4S2/c1-14(2)19(15,16)6-5-13-20(17,18)10-7-8(11)3-4-9(10)12/h3-4,7,13H,5-6H2,1-2H3. The summed E-state index contributed by atoms with van der Waals surface area (Å²) in [5.74, 6) is -0.301. The number of hydrogen-bond acceptors (Lipinski definition) is 4. The molecule has 1 aromatic rings. The van der Waals surface area contributed by atoms with Crippen LogP contribution in [-0.4, -0.2) is 47.5 Å². The summed E-state index contributed by atoms with van der Waals surface area (Å²) in [7, 11) is -4.41. The molecule has 0 aliphatic rings. The van der Waals surface area contributed by atoms with Crippen LogP contribution < -0.4 is 4.72 Å². The van der Waals surface area contributed by atoms with Crippen molar-refractivity contribution < 1.29 is 16.8 Å². The Morgan fingerprint density at radius 2 is 1.75 bits per heavy atom. The van der Waals surface area contributed by atoms with Gasteiger partial charge in [0, 0.05) is 29.6 Å². The van der Waals surface area contributed by atoms with E-state index in [9.17, 15) is 16.8 Å². The minimum atomic E-state index is -3.77. The molecule has 0 saturated carbocycles. The van der Waals surface area contributed by atoms with E-state index in [0.29, 0.717) is 8.95 Å². The second kappa shape index (κ2) is 6.84. The van der Waals surface area contributed by atoms with Gasteiger partial charge in [-0.1, -0.05) is 15.9 Å². The Hall–Kier alpha value is -0.000000000000000111. The molecule has 20 heavy (non-hydrogen) atoms. The molecule has 0 amide bonds.